The lowest BCUT2D eigenvalue weighted by atomic mass is 9.92. The Bertz CT molecular complexity index is 1720. The monoisotopic (exact) mass is 597 g/mol. The predicted octanol–water partition coefficient (Wildman–Crippen LogP) is 5.68. The van der Waals surface area contributed by atoms with Gasteiger partial charge in [-0.3, -0.25) is 4.90 Å². The van der Waals surface area contributed by atoms with E-state index >= 15 is 4.39 Å². The van der Waals surface area contributed by atoms with Crippen LogP contribution in [0.3, 0.4) is 0 Å². The van der Waals surface area contributed by atoms with E-state index < -0.39 is 5.82 Å². The average Bonchev–Trinajstić information content (AvgIpc) is 3.52. The molecule has 3 aromatic carbocycles. The summed E-state index contributed by atoms with van der Waals surface area (Å²) in [6.45, 7) is 5.14. The van der Waals surface area contributed by atoms with E-state index in [-0.39, 0.29) is 35.0 Å². The summed E-state index contributed by atoms with van der Waals surface area (Å²) in [6, 6.07) is 15.4. The Kier molecular flexibility index (Phi) is 7.93. The molecule has 0 aliphatic carbocycles. The number of ether oxygens (including phenoxy) is 4. The van der Waals surface area contributed by atoms with Gasteiger partial charge in [0.05, 0.1) is 23.8 Å². The zero-order valence-electron chi connectivity index (χ0n) is 25.0. The number of benzene rings is 3. The molecular weight excluding hydrogens is 561 g/mol. The van der Waals surface area contributed by atoms with Gasteiger partial charge in [-0.2, -0.15) is 15.2 Å². The molecule has 3 fully saturated rings. The molecule has 3 aliphatic heterocycles. The van der Waals surface area contributed by atoms with Gasteiger partial charge in [-0.15, -0.1) is 0 Å². The first kappa shape index (κ1) is 28.7. The van der Waals surface area contributed by atoms with E-state index in [0.29, 0.717) is 55.4 Å². The topological polar surface area (TPSA) is 93.0 Å². The van der Waals surface area contributed by atoms with E-state index in [1.165, 1.54) is 0 Å². The van der Waals surface area contributed by atoms with Gasteiger partial charge in [0.1, 0.15) is 23.7 Å². The number of aromatic nitrogens is 2. The Morgan fingerprint density at radius 1 is 0.977 bits per heavy atom. The Morgan fingerprint density at radius 3 is 2.64 bits per heavy atom. The molecule has 4 aromatic rings. The highest BCUT2D eigenvalue weighted by Crippen LogP contribution is 2.42. The van der Waals surface area contributed by atoms with Crippen LogP contribution in [0.25, 0.3) is 32.8 Å². The minimum absolute atomic E-state index is 0.00907. The quantitative estimate of drug-likeness (QED) is 0.238. The fourth-order valence-corrected chi connectivity index (χ4v) is 7.17. The van der Waals surface area contributed by atoms with E-state index in [1.807, 2.05) is 30.3 Å². The third kappa shape index (κ3) is 5.19. The summed E-state index contributed by atoms with van der Waals surface area (Å²) in [4.78, 5) is 14.2. The predicted molar refractivity (Wildman–Crippen MR) is 166 cm³/mol. The van der Waals surface area contributed by atoms with Crippen LogP contribution in [0.4, 0.5) is 10.2 Å². The number of hydrogen-bond donors (Lipinski definition) is 0. The molecule has 0 saturated carbocycles. The number of hydrogen-bond acceptors (Lipinski definition) is 9. The summed E-state index contributed by atoms with van der Waals surface area (Å²) < 4.78 is 40.0. The van der Waals surface area contributed by atoms with Crippen LogP contribution in [-0.4, -0.2) is 80.3 Å². The lowest BCUT2D eigenvalue weighted by Gasteiger charge is -2.31. The van der Waals surface area contributed by atoms with Crippen molar-refractivity contribution in [3.8, 4) is 29.0 Å². The molecule has 9 nitrogen and oxygen atoms in total. The van der Waals surface area contributed by atoms with Crippen LogP contribution in [0.1, 0.15) is 37.7 Å². The van der Waals surface area contributed by atoms with Gasteiger partial charge in [-0.25, -0.2) is 4.39 Å². The molecule has 44 heavy (non-hydrogen) atoms. The van der Waals surface area contributed by atoms with Gasteiger partial charge in [-0.05, 0) is 79.7 Å². The van der Waals surface area contributed by atoms with Crippen LogP contribution in [0, 0.1) is 17.1 Å². The van der Waals surface area contributed by atoms with Gasteiger partial charge >= 0.3 is 6.01 Å². The molecule has 0 radical (unpaired) electrons. The molecule has 0 N–H and O–H groups in total. The van der Waals surface area contributed by atoms with Crippen molar-refractivity contribution in [1.29, 1.82) is 5.26 Å². The van der Waals surface area contributed by atoms with Crippen LogP contribution >= 0.6 is 0 Å². The van der Waals surface area contributed by atoms with Crippen LogP contribution in [0.15, 0.2) is 42.5 Å². The van der Waals surface area contributed by atoms with E-state index in [0.717, 1.165) is 56.0 Å². The van der Waals surface area contributed by atoms with Gasteiger partial charge in [0.2, 0.25) is 0 Å². The second-order valence-corrected chi connectivity index (χ2v) is 11.9. The molecular formula is C34H36FN5O4. The maximum Gasteiger partial charge on any atom is 0.319 e. The summed E-state index contributed by atoms with van der Waals surface area (Å²) in [5.74, 6) is 0.485. The molecule has 0 spiro atoms. The number of halogens is 1. The number of methoxy groups -OCH3 is 1. The van der Waals surface area contributed by atoms with Crippen molar-refractivity contribution >= 4 is 27.5 Å². The number of nitrogens with zero attached hydrogens (tertiary/aromatic N) is 5. The van der Waals surface area contributed by atoms with E-state index in [1.54, 1.807) is 19.2 Å². The maximum atomic E-state index is 17.1. The third-order valence-electron chi connectivity index (χ3n) is 9.26. The zero-order valence-corrected chi connectivity index (χ0v) is 25.0. The highest BCUT2D eigenvalue weighted by atomic mass is 19.1. The Labute approximate surface area is 256 Å². The van der Waals surface area contributed by atoms with Crippen molar-refractivity contribution in [1.82, 2.24) is 14.9 Å². The van der Waals surface area contributed by atoms with Gasteiger partial charge in [-0.1, -0.05) is 24.3 Å². The SMILES string of the molecule is COCOc1cc(-c2c(C#N)cc3c(N4CCCOCC4)nc(OCC45CCCN4CCC5)nc3c2F)c2ccccc2c1. The number of anilines is 1. The molecule has 0 unspecified atom stereocenters. The van der Waals surface area contributed by atoms with Crippen molar-refractivity contribution in [2.24, 2.45) is 0 Å². The second-order valence-electron chi connectivity index (χ2n) is 11.9. The molecule has 3 saturated heterocycles. The van der Waals surface area contributed by atoms with Crippen molar-refractivity contribution < 1.29 is 23.3 Å². The number of fused-ring (bicyclic) bond motifs is 3. The van der Waals surface area contributed by atoms with Crippen LogP contribution in [-0.2, 0) is 9.47 Å². The van der Waals surface area contributed by atoms with Gasteiger partial charge in [0.25, 0.3) is 0 Å². The first-order valence-electron chi connectivity index (χ1n) is 15.4. The minimum Gasteiger partial charge on any atom is -0.468 e. The summed E-state index contributed by atoms with van der Waals surface area (Å²) in [7, 11) is 1.54. The maximum absolute atomic E-state index is 17.1. The third-order valence-corrected chi connectivity index (χ3v) is 9.26. The Balaban J connectivity index is 1.40. The molecule has 4 heterocycles. The zero-order chi connectivity index (χ0) is 30.1. The molecule has 7 rings (SSSR count). The Morgan fingerprint density at radius 2 is 1.82 bits per heavy atom. The molecule has 0 atom stereocenters. The normalized spacial score (nSPS) is 18.3. The number of nitriles is 1. The van der Waals surface area contributed by atoms with Gasteiger partial charge < -0.3 is 23.8 Å². The Hall–Kier alpha value is -4.04. The lowest BCUT2D eigenvalue weighted by Crippen LogP contribution is -2.43. The fourth-order valence-electron chi connectivity index (χ4n) is 7.17. The largest absolute Gasteiger partial charge is 0.468 e. The highest BCUT2D eigenvalue weighted by molar-refractivity contribution is 6.03. The molecule has 1 aromatic heterocycles. The van der Waals surface area contributed by atoms with Crippen molar-refractivity contribution in [2.75, 3.05) is 64.8 Å². The molecule has 10 heteroatoms. The van der Waals surface area contributed by atoms with E-state index in [4.69, 9.17) is 28.9 Å². The summed E-state index contributed by atoms with van der Waals surface area (Å²) >= 11 is 0. The lowest BCUT2D eigenvalue weighted by molar-refractivity contribution is 0.0512. The smallest absolute Gasteiger partial charge is 0.319 e. The fraction of sp³-hybridized carbons (Fsp3) is 0.441. The van der Waals surface area contributed by atoms with Gasteiger partial charge in [0.15, 0.2) is 12.6 Å². The van der Waals surface area contributed by atoms with Gasteiger partial charge in [0, 0.05) is 37.8 Å². The average molecular weight is 598 g/mol. The van der Waals surface area contributed by atoms with Crippen molar-refractivity contribution in [3.05, 3.63) is 53.8 Å². The standard InChI is InChI=1S/C34H36FN5O4/c1-41-22-44-25-17-23-7-2-3-8-26(23)27(19-25)29-24(20-36)18-28-31(30(29)35)37-33(38-32(28)39-11-6-15-42-16-14-39)43-21-34-9-4-12-40(34)13-5-10-34/h2-3,7-8,17-19H,4-6,9-16,21-22H2,1H3. The first-order valence-corrected chi connectivity index (χ1v) is 15.4. The summed E-state index contributed by atoms with van der Waals surface area (Å²) in [5.41, 5.74) is 1.03. The molecule has 3 aliphatic rings. The van der Waals surface area contributed by atoms with Crippen molar-refractivity contribution in [3.63, 3.8) is 0 Å². The van der Waals surface area contributed by atoms with Crippen LogP contribution in [0.2, 0.25) is 0 Å². The molecule has 228 valence electrons. The first-order chi connectivity index (χ1) is 21.6. The molecule has 0 amide bonds. The van der Waals surface area contributed by atoms with Crippen molar-refractivity contribution in [2.45, 2.75) is 37.6 Å². The van der Waals surface area contributed by atoms with Crippen LogP contribution in [0.5, 0.6) is 11.8 Å². The molecule has 0 bridgehead atoms. The summed E-state index contributed by atoms with van der Waals surface area (Å²) in [6.07, 6.45) is 5.27. The minimum atomic E-state index is -0.589. The second kappa shape index (κ2) is 12.2. The highest BCUT2D eigenvalue weighted by Gasteiger charge is 2.45. The number of rotatable bonds is 8. The van der Waals surface area contributed by atoms with E-state index in [2.05, 4.69) is 15.9 Å². The van der Waals surface area contributed by atoms with E-state index in [9.17, 15) is 5.26 Å². The van der Waals surface area contributed by atoms with Crippen LogP contribution < -0.4 is 14.4 Å². The summed E-state index contributed by atoms with van der Waals surface area (Å²) in [5, 5.41) is 12.5.